The minimum Gasteiger partial charge on any atom is -0.395 e. The lowest BCUT2D eigenvalue weighted by Gasteiger charge is -2.05. The fourth-order valence-electron chi connectivity index (χ4n) is 1.40. The molecule has 1 aromatic heterocycles. The van der Waals surface area contributed by atoms with Crippen molar-refractivity contribution in [2.75, 3.05) is 26.9 Å². The van der Waals surface area contributed by atoms with E-state index >= 15 is 0 Å². The van der Waals surface area contributed by atoms with Gasteiger partial charge in [-0.05, 0) is 18.6 Å². The Hall–Kier alpha value is -1.90. The molecule has 0 aliphatic heterocycles. The molecular weight excluding hydrogens is 244 g/mol. The number of aliphatic hydroxyl groups excluding tert-OH is 1. The van der Waals surface area contributed by atoms with Crippen LogP contribution in [0.1, 0.15) is 28.9 Å². The fraction of sp³-hybridized carbons (Fsp3) is 0.429. The van der Waals surface area contributed by atoms with Crippen molar-refractivity contribution in [3.8, 4) is 11.8 Å². The molecule has 1 amide bonds. The molecule has 0 atom stereocenters. The Morgan fingerprint density at radius 2 is 2.42 bits per heavy atom. The first-order valence-corrected chi connectivity index (χ1v) is 6.11. The van der Waals surface area contributed by atoms with Crippen LogP contribution in [-0.2, 0) is 4.74 Å². The molecule has 0 saturated carbocycles. The molecule has 1 rings (SSSR count). The van der Waals surface area contributed by atoms with Crippen LogP contribution >= 0.6 is 0 Å². The van der Waals surface area contributed by atoms with Gasteiger partial charge in [0.25, 0.3) is 5.91 Å². The van der Waals surface area contributed by atoms with E-state index < -0.39 is 0 Å². The van der Waals surface area contributed by atoms with Crippen molar-refractivity contribution in [2.45, 2.75) is 12.8 Å². The molecule has 0 spiro atoms. The van der Waals surface area contributed by atoms with E-state index in [9.17, 15) is 4.79 Å². The van der Waals surface area contributed by atoms with Crippen LogP contribution in [0.25, 0.3) is 0 Å². The number of aliphatic hydroxyl groups is 1. The molecule has 0 aliphatic rings. The number of pyridine rings is 1. The third kappa shape index (κ3) is 5.51. The Kier molecular flexibility index (Phi) is 7.25. The van der Waals surface area contributed by atoms with Crippen molar-refractivity contribution in [2.24, 2.45) is 0 Å². The Labute approximate surface area is 113 Å². The second-order valence-electron chi connectivity index (χ2n) is 3.78. The van der Waals surface area contributed by atoms with Gasteiger partial charge in [-0.2, -0.15) is 0 Å². The summed E-state index contributed by atoms with van der Waals surface area (Å²) in [6.07, 6.45) is 2.69. The topological polar surface area (TPSA) is 71.5 Å². The quantitative estimate of drug-likeness (QED) is 0.581. The van der Waals surface area contributed by atoms with E-state index in [4.69, 9.17) is 9.84 Å². The molecular formula is C14H18N2O3. The number of hydrogen-bond donors (Lipinski definition) is 2. The van der Waals surface area contributed by atoms with Crippen molar-refractivity contribution in [1.82, 2.24) is 10.3 Å². The van der Waals surface area contributed by atoms with Gasteiger partial charge in [0.2, 0.25) is 0 Å². The van der Waals surface area contributed by atoms with E-state index in [0.29, 0.717) is 30.8 Å². The SMILES string of the molecule is COCCCNC(=O)c1ncccc1C#CCCO. The molecule has 0 bridgehead atoms. The Bertz CT molecular complexity index is 463. The fourth-order valence-corrected chi connectivity index (χ4v) is 1.40. The number of nitrogens with zero attached hydrogens (tertiary/aromatic N) is 1. The number of carbonyl (C=O) groups is 1. The number of amides is 1. The molecule has 102 valence electrons. The molecule has 5 heteroatoms. The predicted octanol–water partition coefficient (Wildman–Crippen LogP) is 0.582. The maximum Gasteiger partial charge on any atom is 0.271 e. The van der Waals surface area contributed by atoms with Crippen LogP contribution in [0.3, 0.4) is 0 Å². The lowest BCUT2D eigenvalue weighted by atomic mass is 10.2. The number of aromatic nitrogens is 1. The number of rotatable bonds is 6. The van der Waals surface area contributed by atoms with E-state index in [1.807, 2.05) is 0 Å². The summed E-state index contributed by atoms with van der Waals surface area (Å²) >= 11 is 0. The summed E-state index contributed by atoms with van der Waals surface area (Å²) in [6, 6.07) is 3.46. The molecule has 1 aromatic rings. The number of nitrogens with one attached hydrogen (secondary N) is 1. The van der Waals surface area contributed by atoms with Crippen molar-refractivity contribution in [3.05, 3.63) is 29.6 Å². The van der Waals surface area contributed by atoms with E-state index in [2.05, 4.69) is 22.1 Å². The van der Waals surface area contributed by atoms with Crippen LogP contribution in [0.2, 0.25) is 0 Å². The zero-order valence-electron chi connectivity index (χ0n) is 11.0. The number of carbonyl (C=O) groups excluding carboxylic acids is 1. The minimum atomic E-state index is -0.245. The predicted molar refractivity (Wildman–Crippen MR) is 71.6 cm³/mol. The van der Waals surface area contributed by atoms with Gasteiger partial charge in [0.05, 0.1) is 12.2 Å². The van der Waals surface area contributed by atoms with Crippen LogP contribution in [0.4, 0.5) is 0 Å². The molecule has 0 unspecified atom stereocenters. The van der Waals surface area contributed by atoms with Gasteiger partial charge in [-0.15, -0.1) is 0 Å². The highest BCUT2D eigenvalue weighted by molar-refractivity contribution is 5.94. The number of methoxy groups -OCH3 is 1. The molecule has 1 heterocycles. The van der Waals surface area contributed by atoms with Gasteiger partial charge in [-0.1, -0.05) is 11.8 Å². The lowest BCUT2D eigenvalue weighted by molar-refractivity contribution is 0.0943. The van der Waals surface area contributed by atoms with Crippen LogP contribution < -0.4 is 5.32 Å². The monoisotopic (exact) mass is 262 g/mol. The highest BCUT2D eigenvalue weighted by Crippen LogP contribution is 2.03. The van der Waals surface area contributed by atoms with Crippen molar-refractivity contribution < 1.29 is 14.6 Å². The highest BCUT2D eigenvalue weighted by atomic mass is 16.5. The van der Waals surface area contributed by atoms with Crippen LogP contribution in [0, 0.1) is 11.8 Å². The number of hydrogen-bond acceptors (Lipinski definition) is 4. The van der Waals surface area contributed by atoms with E-state index in [0.717, 1.165) is 6.42 Å². The standard InChI is InChI=1S/C14H18N2O3/c1-19-11-5-9-16-14(18)13-12(6-2-3-10-17)7-4-8-15-13/h4,7-8,17H,3,5,9-11H2,1H3,(H,16,18). The van der Waals surface area contributed by atoms with Crippen molar-refractivity contribution in [1.29, 1.82) is 0 Å². The molecule has 0 saturated heterocycles. The summed E-state index contributed by atoms with van der Waals surface area (Å²) in [5.41, 5.74) is 0.880. The second kappa shape index (κ2) is 9.09. The Morgan fingerprint density at radius 3 is 3.16 bits per heavy atom. The van der Waals surface area contributed by atoms with Gasteiger partial charge in [0, 0.05) is 32.9 Å². The first-order valence-electron chi connectivity index (χ1n) is 6.11. The van der Waals surface area contributed by atoms with E-state index in [1.54, 1.807) is 25.4 Å². The smallest absolute Gasteiger partial charge is 0.271 e. The molecule has 5 nitrogen and oxygen atoms in total. The van der Waals surface area contributed by atoms with Gasteiger partial charge in [-0.3, -0.25) is 4.79 Å². The van der Waals surface area contributed by atoms with E-state index in [-0.39, 0.29) is 12.5 Å². The molecule has 19 heavy (non-hydrogen) atoms. The highest BCUT2D eigenvalue weighted by Gasteiger charge is 2.10. The summed E-state index contributed by atoms with van der Waals surface area (Å²) in [4.78, 5) is 16.0. The first kappa shape index (κ1) is 15.2. The van der Waals surface area contributed by atoms with Crippen LogP contribution in [0.5, 0.6) is 0 Å². The normalized spacial score (nSPS) is 9.58. The van der Waals surface area contributed by atoms with Gasteiger partial charge < -0.3 is 15.2 Å². The molecule has 0 aromatic carbocycles. The Balaban J connectivity index is 2.66. The summed E-state index contributed by atoms with van der Waals surface area (Å²) in [6.45, 7) is 1.14. The van der Waals surface area contributed by atoms with E-state index in [1.165, 1.54) is 0 Å². The average Bonchev–Trinajstić information content (AvgIpc) is 2.44. The van der Waals surface area contributed by atoms with Gasteiger partial charge in [0.1, 0.15) is 5.69 Å². The maximum absolute atomic E-state index is 11.9. The number of ether oxygens (including phenoxy) is 1. The molecule has 2 N–H and O–H groups in total. The summed E-state index contributed by atoms with van der Waals surface area (Å²) in [7, 11) is 1.62. The Morgan fingerprint density at radius 1 is 1.58 bits per heavy atom. The van der Waals surface area contributed by atoms with Gasteiger partial charge in [-0.25, -0.2) is 4.98 Å². The van der Waals surface area contributed by atoms with Crippen molar-refractivity contribution in [3.63, 3.8) is 0 Å². The zero-order chi connectivity index (χ0) is 13.9. The maximum atomic E-state index is 11.9. The third-order valence-corrected chi connectivity index (χ3v) is 2.29. The molecule has 0 aliphatic carbocycles. The van der Waals surface area contributed by atoms with Crippen LogP contribution in [0.15, 0.2) is 18.3 Å². The average molecular weight is 262 g/mol. The summed E-state index contributed by atoms with van der Waals surface area (Å²) in [5.74, 6) is 5.38. The van der Waals surface area contributed by atoms with Gasteiger partial charge >= 0.3 is 0 Å². The minimum absolute atomic E-state index is 0.00576. The first-order chi connectivity index (χ1) is 9.29. The largest absolute Gasteiger partial charge is 0.395 e. The second-order valence-corrected chi connectivity index (χ2v) is 3.78. The molecule has 0 radical (unpaired) electrons. The summed E-state index contributed by atoms with van der Waals surface area (Å²) < 4.78 is 4.91. The zero-order valence-corrected chi connectivity index (χ0v) is 11.0. The molecule has 0 fully saturated rings. The van der Waals surface area contributed by atoms with Crippen molar-refractivity contribution >= 4 is 5.91 Å². The van der Waals surface area contributed by atoms with Crippen LogP contribution in [-0.4, -0.2) is 42.9 Å². The third-order valence-electron chi connectivity index (χ3n) is 2.29. The lowest BCUT2D eigenvalue weighted by Crippen LogP contribution is -2.26. The van der Waals surface area contributed by atoms with Gasteiger partial charge in [0.15, 0.2) is 0 Å². The summed E-state index contributed by atoms with van der Waals surface area (Å²) in [5, 5.41) is 11.4.